The molecule has 0 aliphatic rings. The van der Waals surface area contributed by atoms with Crippen molar-refractivity contribution < 1.29 is 25.5 Å². The summed E-state index contributed by atoms with van der Waals surface area (Å²) >= 11 is 0. The van der Waals surface area contributed by atoms with E-state index in [4.69, 9.17) is 0 Å². The van der Waals surface area contributed by atoms with Crippen LogP contribution in [0.15, 0.2) is 0 Å². The van der Waals surface area contributed by atoms with Gasteiger partial charge in [-0.1, -0.05) is 27.7 Å². The number of halogens is 3. The number of hydrogen-bond acceptors (Lipinski definition) is 3. The fraction of sp³-hybridized carbons (Fsp3) is 1.00. The summed E-state index contributed by atoms with van der Waals surface area (Å²) in [5, 5.41) is -0.599. The van der Waals surface area contributed by atoms with E-state index in [1.54, 1.807) is 27.7 Å². The summed E-state index contributed by atoms with van der Waals surface area (Å²) < 4.78 is 60.9. The molecule has 2 radical (unpaired) electrons. The van der Waals surface area contributed by atoms with Crippen LogP contribution >= 0.6 is 0 Å². The maximum atomic E-state index is 11.9. The molecule has 0 fully saturated rings. The summed E-state index contributed by atoms with van der Waals surface area (Å²) in [7, 11) is -6.20. The second kappa shape index (κ2) is 4.42. The molecule has 15 heavy (non-hydrogen) atoms. The van der Waals surface area contributed by atoms with Crippen LogP contribution in [0.3, 0.4) is 0 Å². The molecule has 0 aromatic carbocycles. The topological polar surface area (TPSA) is 43.4 Å². The van der Waals surface area contributed by atoms with Crippen LogP contribution in [0.4, 0.5) is 13.2 Å². The van der Waals surface area contributed by atoms with Crippen molar-refractivity contribution >= 4 is 19.9 Å². The van der Waals surface area contributed by atoms with Crippen molar-refractivity contribution in [3.8, 4) is 0 Å². The first-order valence-corrected chi connectivity index (χ1v) is 6.49. The lowest BCUT2D eigenvalue weighted by Crippen LogP contribution is -2.31. The Balaban J connectivity index is 4.55. The lowest BCUT2D eigenvalue weighted by molar-refractivity contribution is -0.0500. The average molecular weight is 262 g/mol. The Morgan fingerprint density at radius 2 is 1.60 bits per heavy atom. The molecule has 0 heterocycles. The van der Waals surface area contributed by atoms with Crippen LogP contribution < -0.4 is 0 Å². The molecule has 0 spiro atoms. The van der Waals surface area contributed by atoms with E-state index in [9.17, 15) is 21.6 Å². The highest BCUT2D eigenvalue weighted by Gasteiger charge is 2.48. The Hall–Kier alpha value is -0.0831. The lowest BCUT2D eigenvalue weighted by atomic mass is 9.99. The zero-order chi connectivity index (χ0) is 12.5. The number of rotatable bonds is 4. The summed E-state index contributed by atoms with van der Waals surface area (Å²) in [5.41, 5.74) is -5.34. The normalized spacial score (nSPS) is 14.7. The molecule has 0 aliphatic heterocycles. The molecule has 0 aliphatic carbocycles. The van der Waals surface area contributed by atoms with Gasteiger partial charge in [0.2, 0.25) is 0 Å². The monoisotopic (exact) mass is 262 g/mol. The molecule has 0 aromatic rings. The third-order valence-electron chi connectivity index (χ3n) is 2.14. The van der Waals surface area contributed by atoms with Crippen LogP contribution in [-0.2, 0) is 14.0 Å². The molecule has 8 heteroatoms. The second-order valence-electron chi connectivity index (χ2n) is 3.96. The Bertz CT molecular complexity index is 308. The second-order valence-corrected chi connectivity index (χ2v) is 7.49. The standard InChI is InChI=1S/C7H13F3O3SSi/c1-5(2)6(3,4)15-13-14(11,12)7(8,9)10/h5H,1-4H3. The van der Waals surface area contributed by atoms with Gasteiger partial charge in [-0.2, -0.15) is 21.6 Å². The first-order valence-electron chi connectivity index (χ1n) is 4.17. The van der Waals surface area contributed by atoms with Crippen LogP contribution in [0.2, 0.25) is 5.04 Å². The van der Waals surface area contributed by atoms with Crippen LogP contribution in [0.25, 0.3) is 0 Å². The van der Waals surface area contributed by atoms with Crippen molar-refractivity contribution in [3.63, 3.8) is 0 Å². The molecule has 0 unspecified atom stereocenters. The third-order valence-corrected chi connectivity index (χ3v) is 5.02. The van der Waals surface area contributed by atoms with Gasteiger partial charge in [0.15, 0.2) is 0 Å². The molecule has 0 bridgehead atoms. The van der Waals surface area contributed by atoms with Gasteiger partial charge >= 0.3 is 15.6 Å². The molecular formula is C7H13F3O3SSi. The van der Waals surface area contributed by atoms with Gasteiger partial charge in [-0.25, -0.2) is 0 Å². The minimum absolute atomic E-state index is 0.0271. The maximum absolute atomic E-state index is 11.9. The Labute approximate surface area is 90.1 Å². The maximum Gasteiger partial charge on any atom is 0.522 e. The third kappa shape index (κ3) is 4.11. The van der Waals surface area contributed by atoms with Crippen molar-refractivity contribution in [2.75, 3.05) is 0 Å². The zero-order valence-electron chi connectivity index (χ0n) is 8.84. The van der Waals surface area contributed by atoms with Gasteiger partial charge in [0, 0.05) is 0 Å². The first kappa shape index (κ1) is 14.9. The van der Waals surface area contributed by atoms with Crippen LogP contribution in [0.5, 0.6) is 0 Å². The molecule has 0 saturated carbocycles. The van der Waals surface area contributed by atoms with Crippen molar-refractivity contribution in [1.29, 1.82) is 0 Å². The highest BCUT2D eigenvalue weighted by Crippen LogP contribution is 2.34. The van der Waals surface area contributed by atoms with Gasteiger partial charge in [-0.3, -0.25) is 0 Å². The van der Waals surface area contributed by atoms with E-state index in [0.29, 0.717) is 0 Å². The van der Waals surface area contributed by atoms with E-state index in [1.807, 2.05) is 0 Å². The van der Waals surface area contributed by atoms with E-state index in [-0.39, 0.29) is 5.92 Å². The Kier molecular flexibility index (Phi) is 4.40. The minimum atomic E-state index is -5.45. The largest absolute Gasteiger partial charge is 0.522 e. The molecule has 90 valence electrons. The van der Waals surface area contributed by atoms with Crippen molar-refractivity contribution in [2.45, 2.75) is 38.2 Å². The quantitative estimate of drug-likeness (QED) is 0.577. The van der Waals surface area contributed by atoms with Gasteiger partial charge in [0.05, 0.1) is 0 Å². The molecular weight excluding hydrogens is 249 g/mol. The van der Waals surface area contributed by atoms with Crippen LogP contribution in [-0.4, -0.2) is 23.7 Å². The summed E-state index contributed by atoms with van der Waals surface area (Å²) in [6.45, 7) is 6.89. The number of hydrogen-bond donors (Lipinski definition) is 0. The van der Waals surface area contributed by atoms with Gasteiger partial charge < -0.3 is 3.87 Å². The van der Waals surface area contributed by atoms with Crippen LogP contribution in [0.1, 0.15) is 27.7 Å². The summed E-state index contributed by atoms with van der Waals surface area (Å²) in [4.78, 5) is 0. The van der Waals surface area contributed by atoms with Gasteiger partial charge in [0.25, 0.3) is 9.76 Å². The van der Waals surface area contributed by atoms with E-state index >= 15 is 0 Å². The first-order chi connectivity index (χ1) is 6.40. The summed E-state index contributed by atoms with van der Waals surface area (Å²) in [5.74, 6) is 0.0271. The van der Waals surface area contributed by atoms with E-state index in [0.717, 1.165) is 0 Å². The Morgan fingerprint density at radius 1 is 1.20 bits per heavy atom. The smallest absolute Gasteiger partial charge is 0.309 e. The molecule has 0 rings (SSSR count). The fourth-order valence-corrected chi connectivity index (χ4v) is 2.24. The lowest BCUT2D eigenvalue weighted by Gasteiger charge is -2.26. The van der Waals surface area contributed by atoms with E-state index in [2.05, 4.69) is 3.87 Å². The SMILES string of the molecule is CC(C)C(C)(C)[Si]OS(=O)(=O)C(F)(F)F. The predicted octanol–water partition coefficient (Wildman–Crippen LogP) is 2.33. The Morgan fingerprint density at radius 3 is 1.87 bits per heavy atom. The molecule has 0 saturated heterocycles. The summed E-state index contributed by atoms with van der Waals surface area (Å²) in [6.07, 6.45) is 0. The van der Waals surface area contributed by atoms with Crippen molar-refractivity contribution in [2.24, 2.45) is 5.92 Å². The summed E-state index contributed by atoms with van der Waals surface area (Å²) in [6, 6.07) is 0. The van der Waals surface area contributed by atoms with Crippen LogP contribution in [0, 0.1) is 5.92 Å². The molecule has 0 atom stereocenters. The minimum Gasteiger partial charge on any atom is -0.309 e. The van der Waals surface area contributed by atoms with Gasteiger partial charge in [0.1, 0.15) is 0 Å². The van der Waals surface area contributed by atoms with Gasteiger partial charge in [-0.15, -0.1) is 0 Å². The highest BCUT2D eigenvalue weighted by molar-refractivity contribution is 7.88. The number of alkyl halides is 3. The highest BCUT2D eigenvalue weighted by atomic mass is 32.2. The predicted molar refractivity (Wildman–Crippen MR) is 50.7 cm³/mol. The van der Waals surface area contributed by atoms with E-state index in [1.165, 1.54) is 0 Å². The van der Waals surface area contributed by atoms with E-state index < -0.39 is 30.4 Å². The molecule has 0 amide bonds. The zero-order valence-corrected chi connectivity index (χ0v) is 10.7. The van der Waals surface area contributed by atoms with Gasteiger partial charge in [-0.05, 0) is 11.0 Å². The van der Waals surface area contributed by atoms with Crippen molar-refractivity contribution in [3.05, 3.63) is 0 Å². The molecule has 0 N–H and O–H groups in total. The molecule has 0 aromatic heterocycles. The average Bonchev–Trinajstić information content (AvgIpc) is 1.99. The fourth-order valence-electron chi connectivity index (χ4n) is 0.327. The van der Waals surface area contributed by atoms with Crippen molar-refractivity contribution in [1.82, 2.24) is 0 Å². The molecule has 3 nitrogen and oxygen atoms in total.